The van der Waals surface area contributed by atoms with Crippen molar-refractivity contribution in [2.75, 3.05) is 25.5 Å². The molecule has 9 heteroatoms. The van der Waals surface area contributed by atoms with Gasteiger partial charge in [0.25, 0.3) is 0 Å². The summed E-state index contributed by atoms with van der Waals surface area (Å²) in [6, 6.07) is 11.4. The minimum Gasteiger partial charge on any atom is -0.495 e. The normalized spacial score (nSPS) is 17.9. The Labute approximate surface area is 178 Å². The average molecular weight is 488 g/mol. The molecule has 150 valence electrons. The first-order valence-corrected chi connectivity index (χ1v) is 11.3. The Morgan fingerprint density at radius 2 is 1.96 bits per heavy atom. The van der Waals surface area contributed by atoms with Crippen LogP contribution in [0.3, 0.4) is 0 Å². The van der Waals surface area contributed by atoms with Gasteiger partial charge in [-0.3, -0.25) is 4.79 Å². The molecule has 6 nitrogen and oxygen atoms in total. The molecule has 2 aromatic rings. The Hall–Kier alpha value is -1.61. The molecule has 0 radical (unpaired) electrons. The van der Waals surface area contributed by atoms with Crippen molar-refractivity contribution in [2.24, 2.45) is 5.92 Å². The number of sulfonamides is 1. The molecule has 1 N–H and O–H groups in total. The number of carbonyl (C=O) groups is 1. The van der Waals surface area contributed by atoms with Gasteiger partial charge in [0.2, 0.25) is 15.9 Å². The maximum Gasteiger partial charge on any atom is 0.243 e. The zero-order chi connectivity index (χ0) is 20.3. The van der Waals surface area contributed by atoms with Crippen molar-refractivity contribution >= 4 is 49.1 Å². The summed E-state index contributed by atoms with van der Waals surface area (Å²) in [4.78, 5) is 13.0. The number of rotatable bonds is 5. The quantitative estimate of drug-likeness (QED) is 0.687. The number of nitrogens with zero attached hydrogens (tertiary/aromatic N) is 1. The van der Waals surface area contributed by atoms with Crippen molar-refractivity contribution in [1.82, 2.24) is 4.31 Å². The Morgan fingerprint density at radius 1 is 1.25 bits per heavy atom. The molecule has 0 unspecified atom stereocenters. The van der Waals surface area contributed by atoms with Gasteiger partial charge in [-0.2, -0.15) is 4.31 Å². The molecule has 0 aliphatic carbocycles. The Kier molecular flexibility index (Phi) is 6.65. The lowest BCUT2D eigenvalue weighted by Crippen LogP contribution is -2.43. The number of benzene rings is 2. The van der Waals surface area contributed by atoms with E-state index in [0.717, 1.165) is 4.47 Å². The molecule has 1 heterocycles. The fraction of sp³-hybridized carbons (Fsp3) is 0.316. The second-order valence-corrected chi connectivity index (χ2v) is 9.78. The first-order valence-electron chi connectivity index (χ1n) is 8.71. The molecular formula is C19H20BrClN2O4S. The van der Waals surface area contributed by atoms with Crippen molar-refractivity contribution in [1.29, 1.82) is 0 Å². The van der Waals surface area contributed by atoms with E-state index in [4.69, 9.17) is 16.3 Å². The third-order valence-electron chi connectivity index (χ3n) is 4.63. The summed E-state index contributed by atoms with van der Waals surface area (Å²) in [6.07, 6.45) is 1.22. The molecule has 3 rings (SSSR count). The van der Waals surface area contributed by atoms with Crippen LogP contribution in [0.4, 0.5) is 5.69 Å². The van der Waals surface area contributed by atoms with E-state index in [1.165, 1.54) is 11.4 Å². The summed E-state index contributed by atoms with van der Waals surface area (Å²) in [6.45, 7) is 0.524. The summed E-state index contributed by atoms with van der Waals surface area (Å²) < 4.78 is 33.2. The molecule has 28 heavy (non-hydrogen) atoms. The topological polar surface area (TPSA) is 75.7 Å². The van der Waals surface area contributed by atoms with Gasteiger partial charge in [-0.1, -0.05) is 27.5 Å². The number of halogens is 2. The molecule has 1 fully saturated rings. The molecule has 0 aromatic heterocycles. The summed E-state index contributed by atoms with van der Waals surface area (Å²) in [5, 5.41) is 3.29. The van der Waals surface area contributed by atoms with Gasteiger partial charge in [0.05, 0.1) is 23.6 Å². The van der Waals surface area contributed by atoms with Crippen LogP contribution >= 0.6 is 27.5 Å². The molecule has 1 atom stereocenters. The number of methoxy groups -OCH3 is 1. The molecule has 0 spiro atoms. The van der Waals surface area contributed by atoms with E-state index in [0.29, 0.717) is 35.8 Å². The molecule has 1 aliphatic heterocycles. The van der Waals surface area contributed by atoms with E-state index in [2.05, 4.69) is 21.2 Å². The van der Waals surface area contributed by atoms with Crippen LogP contribution in [-0.2, 0) is 14.8 Å². The number of piperidine rings is 1. The lowest BCUT2D eigenvalue weighted by atomic mass is 9.98. The summed E-state index contributed by atoms with van der Waals surface area (Å²) >= 11 is 9.31. The van der Waals surface area contributed by atoms with Gasteiger partial charge in [0, 0.05) is 22.6 Å². The van der Waals surface area contributed by atoms with E-state index in [9.17, 15) is 13.2 Å². The number of ether oxygens (including phenoxy) is 1. The monoisotopic (exact) mass is 486 g/mol. The second kappa shape index (κ2) is 8.82. The number of carbonyl (C=O) groups excluding carboxylic acids is 1. The number of hydrogen-bond acceptors (Lipinski definition) is 4. The van der Waals surface area contributed by atoms with Crippen molar-refractivity contribution in [3.63, 3.8) is 0 Å². The standard InChI is InChI=1S/C19H20BrClN2O4S/c1-27-18-9-6-15(21)11-17(18)22-19(24)13-3-2-10-23(12-13)28(25,26)16-7-4-14(20)5-8-16/h4-9,11,13H,2-3,10,12H2,1H3,(H,22,24)/t13-/m0/s1. The van der Waals surface area contributed by atoms with Crippen molar-refractivity contribution in [3.8, 4) is 5.75 Å². The van der Waals surface area contributed by atoms with E-state index in [1.54, 1.807) is 42.5 Å². The molecule has 1 aliphatic rings. The maximum absolute atomic E-state index is 12.9. The van der Waals surface area contributed by atoms with E-state index in [-0.39, 0.29) is 17.3 Å². The minimum absolute atomic E-state index is 0.132. The smallest absolute Gasteiger partial charge is 0.243 e. The number of amides is 1. The van der Waals surface area contributed by atoms with Crippen LogP contribution in [0.15, 0.2) is 51.8 Å². The van der Waals surface area contributed by atoms with Crippen LogP contribution in [0.5, 0.6) is 5.75 Å². The third-order valence-corrected chi connectivity index (χ3v) is 7.27. The highest BCUT2D eigenvalue weighted by Crippen LogP contribution is 2.30. The van der Waals surface area contributed by atoms with Gasteiger partial charge in [0.1, 0.15) is 5.75 Å². The average Bonchev–Trinajstić information content (AvgIpc) is 2.68. The van der Waals surface area contributed by atoms with Gasteiger partial charge in [-0.05, 0) is 55.3 Å². The maximum atomic E-state index is 12.9. The molecular weight excluding hydrogens is 468 g/mol. The first kappa shape index (κ1) is 21.1. The third kappa shape index (κ3) is 4.68. The van der Waals surface area contributed by atoms with E-state index >= 15 is 0 Å². The van der Waals surface area contributed by atoms with Crippen molar-refractivity contribution in [3.05, 3.63) is 52.0 Å². The van der Waals surface area contributed by atoms with E-state index in [1.807, 2.05) is 0 Å². The van der Waals surface area contributed by atoms with Crippen LogP contribution in [-0.4, -0.2) is 38.8 Å². The SMILES string of the molecule is COc1ccc(Cl)cc1NC(=O)[C@H]1CCCN(S(=O)(=O)c2ccc(Br)cc2)C1. The number of nitrogens with one attached hydrogen (secondary N) is 1. The number of hydrogen-bond donors (Lipinski definition) is 1. The van der Waals surface area contributed by atoms with Gasteiger partial charge in [-0.15, -0.1) is 0 Å². The molecule has 0 bridgehead atoms. The van der Waals surface area contributed by atoms with Crippen LogP contribution in [0, 0.1) is 5.92 Å². The fourth-order valence-corrected chi connectivity index (χ4v) is 5.10. The highest BCUT2D eigenvalue weighted by Gasteiger charge is 2.33. The highest BCUT2D eigenvalue weighted by molar-refractivity contribution is 9.10. The molecule has 0 saturated carbocycles. The van der Waals surface area contributed by atoms with Crippen LogP contribution in [0.2, 0.25) is 5.02 Å². The fourth-order valence-electron chi connectivity index (χ4n) is 3.14. The van der Waals surface area contributed by atoms with Gasteiger partial charge in [0.15, 0.2) is 0 Å². The largest absolute Gasteiger partial charge is 0.495 e. The van der Waals surface area contributed by atoms with Crippen molar-refractivity contribution in [2.45, 2.75) is 17.7 Å². The molecule has 2 aromatic carbocycles. The highest BCUT2D eigenvalue weighted by atomic mass is 79.9. The Balaban J connectivity index is 1.75. The predicted octanol–water partition coefficient (Wildman–Crippen LogP) is 4.15. The van der Waals surface area contributed by atoms with Crippen molar-refractivity contribution < 1.29 is 17.9 Å². The van der Waals surface area contributed by atoms with Gasteiger partial charge in [-0.25, -0.2) is 8.42 Å². The second-order valence-electron chi connectivity index (χ2n) is 6.49. The van der Waals surface area contributed by atoms with Gasteiger partial charge >= 0.3 is 0 Å². The summed E-state index contributed by atoms with van der Waals surface area (Å²) in [7, 11) is -2.14. The predicted molar refractivity (Wildman–Crippen MR) is 112 cm³/mol. The zero-order valence-corrected chi connectivity index (χ0v) is 18.4. The summed E-state index contributed by atoms with van der Waals surface area (Å²) in [5.41, 5.74) is 0.466. The van der Waals surface area contributed by atoms with Crippen LogP contribution in [0.25, 0.3) is 0 Å². The van der Waals surface area contributed by atoms with Gasteiger partial charge < -0.3 is 10.1 Å². The Bertz CT molecular complexity index is 966. The minimum atomic E-state index is -3.65. The summed E-state index contributed by atoms with van der Waals surface area (Å²) in [5.74, 6) is -0.216. The lowest BCUT2D eigenvalue weighted by Gasteiger charge is -2.31. The lowest BCUT2D eigenvalue weighted by molar-refractivity contribution is -0.120. The Morgan fingerprint density at radius 3 is 2.64 bits per heavy atom. The molecule has 1 amide bonds. The zero-order valence-electron chi connectivity index (χ0n) is 15.2. The van der Waals surface area contributed by atoms with Crippen LogP contribution in [0.1, 0.15) is 12.8 Å². The van der Waals surface area contributed by atoms with Crippen LogP contribution < -0.4 is 10.1 Å². The van der Waals surface area contributed by atoms with E-state index < -0.39 is 15.9 Å². The number of anilines is 1. The first-order chi connectivity index (χ1) is 13.3. The molecule has 1 saturated heterocycles.